The maximum Gasteiger partial charge on any atom is 0.332 e. The monoisotopic (exact) mass is 405 g/mol. The van der Waals surface area contributed by atoms with E-state index >= 15 is 0 Å². The molecule has 0 spiro atoms. The van der Waals surface area contributed by atoms with Crippen molar-refractivity contribution in [2.75, 3.05) is 25.5 Å². The Morgan fingerprint density at radius 3 is 2.54 bits per heavy atom. The predicted octanol–water partition coefficient (Wildman–Crippen LogP) is 3.23. The Labute approximate surface area is 168 Å². The zero-order valence-corrected chi connectivity index (χ0v) is 17.6. The van der Waals surface area contributed by atoms with Gasteiger partial charge in [0.15, 0.2) is 0 Å². The van der Waals surface area contributed by atoms with Crippen LogP contribution in [0.15, 0.2) is 12.1 Å². The molecular weight excluding hydrogens is 374 g/mol. The topological polar surface area (TPSA) is 78.5 Å². The molecule has 7 heteroatoms. The minimum absolute atomic E-state index is 0.381. The van der Waals surface area contributed by atoms with Crippen molar-refractivity contribution in [2.24, 2.45) is 5.92 Å². The standard InChI is InChI=1S/C21H31N3O3S/c1-14(15-6-7-15)18-9-8-16-4-3-5-19(16)20(18)22-21(25)23-28(26,27)17-10-12-24(2)13-11-17/h8-9,14-15,17H,3-7,10-13H2,1-2H3,(H2,22,23,25)/t14-/m1/s1. The van der Waals surface area contributed by atoms with Crippen LogP contribution in [0, 0.1) is 5.92 Å². The van der Waals surface area contributed by atoms with Gasteiger partial charge >= 0.3 is 6.03 Å². The first-order valence-corrected chi connectivity index (χ1v) is 12.1. The molecule has 2 aliphatic carbocycles. The van der Waals surface area contributed by atoms with Crippen LogP contribution in [-0.2, 0) is 22.9 Å². The van der Waals surface area contributed by atoms with E-state index in [1.807, 2.05) is 7.05 Å². The van der Waals surface area contributed by atoms with Crippen molar-refractivity contribution in [2.45, 2.75) is 63.0 Å². The van der Waals surface area contributed by atoms with Gasteiger partial charge in [0.2, 0.25) is 10.0 Å². The molecule has 6 nitrogen and oxygen atoms in total. The van der Waals surface area contributed by atoms with Crippen LogP contribution in [0.3, 0.4) is 0 Å². The maximum absolute atomic E-state index is 12.7. The summed E-state index contributed by atoms with van der Waals surface area (Å²) in [6, 6.07) is 3.70. The van der Waals surface area contributed by atoms with E-state index in [-0.39, 0.29) is 0 Å². The minimum atomic E-state index is -3.67. The predicted molar refractivity (Wildman–Crippen MR) is 111 cm³/mol. The lowest BCUT2D eigenvalue weighted by Crippen LogP contribution is -2.45. The Kier molecular flexibility index (Phi) is 5.40. The molecule has 0 bridgehead atoms. The van der Waals surface area contributed by atoms with Gasteiger partial charge in [0, 0.05) is 5.69 Å². The highest BCUT2D eigenvalue weighted by atomic mass is 32.2. The summed E-state index contributed by atoms with van der Waals surface area (Å²) >= 11 is 0. The number of urea groups is 1. The molecule has 1 aliphatic heterocycles. The number of likely N-dealkylation sites (tertiary alicyclic amines) is 1. The second-order valence-corrected chi connectivity index (χ2v) is 10.7. The normalized spacial score (nSPS) is 21.9. The molecule has 0 unspecified atom stereocenters. The van der Waals surface area contributed by atoms with Gasteiger partial charge in [0.1, 0.15) is 0 Å². The fourth-order valence-electron chi connectivity index (χ4n) is 4.71. The van der Waals surface area contributed by atoms with Gasteiger partial charge in [-0.05, 0) is 93.6 Å². The first-order valence-electron chi connectivity index (χ1n) is 10.5. The molecule has 28 heavy (non-hydrogen) atoms. The van der Waals surface area contributed by atoms with Gasteiger partial charge in [-0.2, -0.15) is 0 Å². The number of amides is 2. The number of nitrogens with one attached hydrogen (secondary N) is 2. The molecule has 0 radical (unpaired) electrons. The maximum atomic E-state index is 12.7. The fourth-order valence-corrected chi connectivity index (χ4v) is 6.02. The largest absolute Gasteiger partial charge is 0.332 e. The summed E-state index contributed by atoms with van der Waals surface area (Å²) in [5.41, 5.74) is 4.47. The van der Waals surface area contributed by atoms with Crippen molar-refractivity contribution in [3.63, 3.8) is 0 Å². The highest BCUT2D eigenvalue weighted by Gasteiger charge is 2.33. The number of rotatable bonds is 5. The van der Waals surface area contributed by atoms with Crippen molar-refractivity contribution in [3.05, 3.63) is 28.8 Å². The molecule has 1 heterocycles. The first kappa shape index (κ1) is 19.7. The van der Waals surface area contributed by atoms with Crippen LogP contribution >= 0.6 is 0 Å². The summed E-state index contributed by atoms with van der Waals surface area (Å²) in [5.74, 6) is 1.05. The van der Waals surface area contributed by atoms with Gasteiger partial charge in [0.25, 0.3) is 0 Å². The molecule has 1 atom stereocenters. The zero-order valence-electron chi connectivity index (χ0n) is 16.8. The van der Waals surface area contributed by atoms with Gasteiger partial charge in [0.05, 0.1) is 5.25 Å². The summed E-state index contributed by atoms with van der Waals surface area (Å²) in [5, 5.41) is 2.44. The summed E-state index contributed by atoms with van der Waals surface area (Å²) in [4.78, 5) is 14.8. The van der Waals surface area contributed by atoms with E-state index in [4.69, 9.17) is 0 Å². The van der Waals surface area contributed by atoms with Gasteiger partial charge in [-0.3, -0.25) is 0 Å². The van der Waals surface area contributed by atoms with Crippen LogP contribution in [0.2, 0.25) is 0 Å². The number of benzene rings is 1. The van der Waals surface area contributed by atoms with Crippen LogP contribution < -0.4 is 10.0 Å². The smallest absolute Gasteiger partial charge is 0.307 e. The number of piperidine rings is 1. The third-order valence-corrected chi connectivity index (χ3v) is 8.53. The average molecular weight is 406 g/mol. The molecule has 1 aromatic carbocycles. The minimum Gasteiger partial charge on any atom is -0.307 e. The quantitative estimate of drug-likeness (QED) is 0.788. The van der Waals surface area contributed by atoms with E-state index in [9.17, 15) is 13.2 Å². The van der Waals surface area contributed by atoms with Crippen LogP contribution in [0.5, 0.6) is 0 Å². The number of hydrogen-bond acceptors (Lipinski definition) is 4. The van der Waals surface area contributed by atoms with Crippen molar-refractivity contribution in [3.8, 4) is 0 Å². The molecule has 2 N–H and O–H groups in total. The lowest BCUT2D eigenvalue weighted by Gasteiger charge is -2.28. The third-order valence-electron chi connectivity index (χ3n) is 6.71. The van der Waals surface area contributed by atoms with E-state index in [2.05, 4.69) is 34.0 Å². The number of carbonyl (C=O) groups excluding carboxylic acids is 1. The number of anilines is 1. The number of carbonyl (C=O) groups is 1. The van der Waals surface area contributed by atoms with Crippen LogP contribution in [0.1, 0.15) is 61.6 Å². The molecule has 1 aromatic rings. The van der Waals surface area contributed by atoms with E-state index in [1.54, 1.807) is 0 Å². The van der Waals surface area contributed by atoms with E-state index in [1.165, 1.54) is 24.0 Å². The number of aryl methyl sites for hydroxylation is 1. The Morgan fingerprint density at radius 2 is 1.86 bits per heavy atom. The second-order valence-electron chi connectivity index (χ2n) is 8.75. The van der Waals surface area contributed by atoms with E-state index in [0.29, 0.717) is 24.7 Å². The molecule has 1 saturated carbocycles. The molecule has 2 fully saturated rings. The number of sulfonamides is 1. The molecule has 154 valence electrons. The molecule has 2 amide bonds. The molecule has 0 aromatic heterocycles. The Bertz CT molecular complexity index is 856. The number of nitrogens with zero attached hydrogens (tertiary/aromatic N) is 1. The molecule has 4 rings (SSSR count). The van der Waals surface area contributed by atoms with Gasteiger partial charge < -0.3 is 10.2 Å². The Balaban J connectivity index is 1.52. The van der Waals surface area contributed by atoms with Gasteiger partial charge in [-0.25, -0.2) is 17.9 Å². The molecular formula is C21H31N3O3S. The lowest BCUT2D eigenvalue weighted by atomic mass is 9.91. The van der Waals surface area contributed by atoms with Gasteiger partial charge in [-0.15, -0.1) is 0 Å². The fraction of sp³-hybridized carbons (Fsp3) is 0.667. The highest BCUT2D eigenvalue weighted by Crippen LogP contribution is 2.46. The van der Waals surface area contributed by atoms with Crippen LogP contribution in [0.25, 0.3) is 0 Å². The second kappa shape index (κ2) is 7.67. The Morgan fingerprint density at radius 1 is 1.14 bits per heavy atom. The van der Waals surface area contributed by atoms with E-state index in [0.717, 1.165) is 43.6 Å². The van der Waals surface area contributed by atoms with Crippen molar-refractivity contribution in [1.82, 2.24) is 9.62 Å². The molecule has 3 aliphatic rings. The lowest BCUT2D eigenvalue weighted by molar-refractivity contribution is 0.255. The number of hydrogen-bond donors (Lipinski definition) is 2. The summed E-state index contributed by atoms with van der Waals surface area (Å²) in [6.07, 6.45) is 6.63. The summed E-state index contributed by atoms with van der Waals surface area (Å²) < 4.78 is 27.6. The number of fused-ring (bicyclic) bond motifs is 1. The van der Waals surface area contributed by atoms with Crippen molar-refractivity contribution in [1.29, 1.82) is 0 Å². The summed E-state index contributed by atoms with van der Waals surface area (Å²) in [7, 11) is -1.68. The van der Waals surface area contributed by atoms with Crippen LogP contribution in [0.4, 0.5) is 10.5 Å². The summed E-state index contributed by atoms with van der Waals surface area (Å²) in [6.45, 7) is 3.69. The third kappa shape index (κ3) is 4.06. The highest BCUT2D eigenvalue weighted by molar-refractivity contribution is 7.90. The van der Waals surface area contributed by atoms with Gasteiger partial charge in [-0.1, -0.05) is 19.1 Å². The molecule has 1 saturated heterocycles. The zero-order chi connectivity index (χ0) is 19.9. The van der Waals surface area contributed by atoms with Crippen LogP contribution in [-0.4, -0.2) is 44.7 Å². The van der Waals surface area contributed by atoms with E-state index < -0.39 is 21.3 Å². The average Bonchev–Trinajstić information content (AvgIpc) is 3.38. The van der Waals surface area contributed by atoms with Crippen molar-refractivity contribution >= 4 is 21.7 Å². The SMILES string of the molecule is C[C@@H](c1ccc2c(c1NC(=O)NS(=O)(=O)C1CCN(C)CC1)CCC2)C1CC1. The Hall–Kier alpha value is -1.60. The first-order chi connectivity index (χ1) is 13.3. The van der Waals surface area contributed by atoms with Crippen molar-refractivity contribution < 1.29 is 13.2 Å².